The van der Waals surface area contributed by atoms with Crippen molar-refractivity contribution in [1.29, 1.82) is 0 Å². The first-order valence-electron chi connectivity index (χ1n) is 6.93. The molecule has 3 nitrogen and oxygen atoms in total. The number of nitrogens with one attached hydrogen (secondary N) is 1. The average Bonchev–Trinajstić information content (AvgIpc) is 2.91. The smallest absolute Gasteiger partial charge is 0.159 e. The van der Waals surface area contributed by atoms with Crippen molar-refractivity contribution in [2.75, 3.05) is 19.8 Å². The molecule has 2 rings (SSSR count). The molecule has 1 unspecified atom stereocenters. The van der Waals surface area contributed by atoms with Crippen molar-refractivity contribution in [2.24, 2.45) is 0 Å². The van der Waals surface area contributed by atoms with Gasteiger partial charge in [-0.2, -0.15) is 0 Å². The summed E-state index contributed by atoms with van der Waals surface area (Å²) in [6.07, 6.45) is 1.66. The maximum Gasteiger partial charge on any atom is 0.159 e. The molecule has 1 aliphatic heterocycles. The highest BCUT2D eigenvalue weighted by atomic mass is 19.1. The number of aryl methyl sites for hydroxylation is 1. The van der Waals surface area contributed by atoms with Gasteiger partial charge in [0, 0.05) is 12.5 Å². The Bertz CT molecular complexity index is 405. The number of benzene rings is 1. The van der Waals surface area contributed by atoms with Gasteiger partial charge in [0.2, 0.25) is 0 Å². The van der Waals surface area contributed by atoms with Crippen LogP contribution < -0.4 is 5.32 Å². The van der Waals surface area contributed by atoms with Gasteiger partial charge in [-0.1, -0.05) is 19.1 Å². The van der Waals surface area contributed by atoms with E-state index in [4.69, 9.17) is 9.47 Å². The van der Waals surface area contributed by atoms with Crippen molar-refractivity contribution in [1.82, 2.24) is 5.32 Å². The predicted molar refractivity (Wildman–Crippen MR) is 72.5 cm³/mol. The Kier molecular flexibility index (Phi) is 5.31. The Labute approximate surface area is 114 Å². The Morgan fingerprint density at radius 3 is 2.74 bits per heavy atom. The van der Waals surface area contributed by atoms with E-state index < -0.39 is 0 Å². The number of ether oxygens (including phenoxy) is 2. The zero-order chi connectivity index (χ0) is 13.7. The third-order valence-electron chi connectivity index (χ3n) is 3.34. The van der Waals surface area contributed by atoms with E-state index in [9.17, 15) is 4.39 Å². The van der Waals surface area contributed by atoms with E-state index in [2.05, 4.69) is 12.2 Å². The van der Waals surface area contributed by atoms with Crippen LogP contribution in [-0.2, 0) is 9.47 Å². The first-order chi connectivity index (χ1) is 9.20. The Morgan fingerprint density at radius 2 is 2.11 bits per heavy atom. The minimum atomic E-state index is -0.161. The lowest BCUT2D eigenvalue weighted by atomic mass is 10.0. The maximum atomic E-state index is 13.3. The van der Waals surface area contributed by atoms with Crippen molar-refractivity contribution >= 4 is 0 Å². The van der Waals surface area contributed by atoms with Gasteiger partial charge in [-0.05, 0) is 37.1 Å². The summed E-state index contributed by atoms with van der Waals surface area (Å²) < 4.78 is 24.4. The third kappa shape index (κ3) is 4.00. The zero-order valence-electron chi connectivity index (χ0n) is 11.6. The summed E-state index contributed by atoms with van der Waals surface area (Å²) in [5.74, 6) is -0.161. The minimum Gasteiger partial charge on any atom is -0.350 e. The lowest BCUT2D eigenvalue weighted by Gasteiger charge is -2.22. The van der Waals surface area contributed by atoms with Crippen LogP contribution in [0, 0.1) is 12.7 Å². The fraction of sp³-hybridized carbons (Fsp3) is 0.600. The summed E-state index contributed by atoms with van der Waals surface area (Å²) in [6.45, 7) is 6.16. The summed E-state index contributed by atoms with van der Waals surface area (Å²) in [5.41, 5.74) is 1.76. The van der Waals surface area contributed by atoms with E-state index in [0.29, 0.717) is 18.8 Å². The maximum absolute atomic E-state index is 13.3. The molecule has 0 amide bonds. The van der Waals surface area contributed by atoms with Crippen LogP contribution in [0.25, 0.3) is 0 Å². The topological polar surface area (TPSA) is 30.5 Å². The first-order valence-corrected chi connectivity index (χ1v) is 6.93. The van der Waals surface area contributed by atoms with Gasteiger partial charge in [-0.25, -0.2) is 4.39 Å². The molecule has 1 heterocycles. The fourth-order valence-electron chi connectivity index (χ4n) is 2.28. The van der Waals surface area contributed by atoms with Crippen LogP contribution >= 0.6 is 0 Å². The highest BCUT2D eigenvalue weighted by molar-refractivity contribution is 5.26. The molecule has 1 aromatic rings. The lowest BCUT2D eigenvalue weighted by molar-refractivity contribution is -0.0530. The first kappa shape index (κ1) is 14.4. The van der Waals surface area contributed by atoms with Gasteiger partial charge in [0.25, 0.3) is 0 Å². The van der Waals surface area contributed by atoms with E-state index in [1.807, 2.05) is 12.1 Å². The largest absolute Gasteiger partial charge is 0.350 e. The fourth-order valence-corrected chi connectivity index (χ4v) is 2.28. The molecular weight excluding hydrogens is 245 g/mol. The van der Waals surface area contributed by atoms with Crippen LogP contribution in [0.2, 0.25) is 0 Å². The van der Waals surface area contributed by atoms with Crippen LogP contribution in [0.15, 0.2) is 18.2 Å². The summed E-state index contributed by atoms with van der Waals surface area (Å²) in [6, 6.07) is 5.41. The van der Waals surface area contributed by atoms with Gasteiger partial charge in [-0.3, -0.25) is 0 Å². The molecule has 1 aromatic carbocycles. The summed E-state index contributed by atoms with van der Waals surface area (Å²) in [7, 11) is 0. The standard InChI is InChI=1S/C15H22FNO2/c1-3-6-17-14(10-15-18-7-8-19-15)12-4-5-13(16)11(2)9-12/h4-5,9,14-15,17H,3,6-8,10H2,1-2H3. The zero-order valence-corrected chi connectivity index (χ0v) is 11.6. The van der Waals surface area contributed by atoms with Gasteiger partial charge in [0.05, 0.1) is 13.2 Å². The second-order valence-corrected chi connectivity index (χ2v) is 4.92. The Balaban J connectivity index is 2.08. The summed E-state index contributed by atoms with van der Waals surface area (Å²) in [5, 5.41) is 3.48. The molecule has 1 fully saturated rings. The third-order valence-corrected chi connectivity index (χ3v) is 3.34. The molecule has 0 aromatic heterocycles. The second kappa shape index (κ2) is 6.98. The molecular formula is C15H22FNO2. The molecule has 1 N–H and O–H groups in total. The van der Waals surface area contributed by atoms with E-state index >= 15 is 0 Å². The van der Waals surface area contributed by atoms with Crippen LogP contribution in [0.5, 0.6) is 0 Å². The van der Waals surface area contributed by atoms with Gasteiger partial charge >= 0.3 is 0 Å². The monoisotopic (exact) mass is 267 g/mol. The Morgan fingerprint density at radius 1 is 1.37 bits per heavy atom. The lowest BCUT2D eigenvalue weighted by Crippen LogP contribution is -2.26. The number of hydrogen-bond acceptors (Lipinski definition) is 3. The summed E-state index contributed by atoms with van der Waals surface area (Å²) in [4.78, 5) is 0. The second-order valence-electron chi connectivity index (χ2n) is 4.92. The van der Waals surface area contributed by atoms with E-state index in [-0.39, 0.29) is 18.1 Å². The van der Waals surface area contributed by atoms with Crippen molar-refractivity contribution in [3.8, 4) is 0 Å². The molecule has 4 heteroatoms. The molecule has 0 spiro atoms. The van der Waals surface area contributed by atoms with E-state index in [0.717, 1.165) is 24.9 Å². The van der Waals surface area contributed by atoms with Crippen molar-refractivity contribution < 1.29 is 13.9 Å². The Hall–Kier alpha value is -0.970. The molecule has 106 valence electrons. The van der Waals surface area contributed by atoms with Crippen LogP contribution in [-0.4, -0.2) is 26.0 Å². The van der Waals surface area contributed by atoms with Crippen molar-refractivity contribution in [2.45, 2.75) is 39.0 Å². The van der Waals surface area contributed by atoms with Crippen LogP contribution in [0.1, 0.15) is 36.9 Å². The SMILES string of the molecule is CCCNC(CC1OCCO1)c1ccc(F)c(C)c1. The quantitative estimate of drug-likeness (QED) is 0.859. The van der Waals surface area contributed by atoms with Gasteiger partial charge in [0.15, 0.2) is 6.29 Å². The van der Waals surface area contributed by atoms with Gasteiger partial charge in [-0.15, -0.1) is 0 Å². The van der Waals surface area contributed by atoms with Crippen LogP contribution in [0.4, 0.5) is 4.39 Å². The van der Waals surface area contributed by atoms with E-state index in [1.165, 1.54) is 6.07 Å². The molecule has 0 saturated carbocycles. The molecule has 1 aliphatic rings. The van der Waals surface area contributed by atoms with Crippen molar-refractivity contribution in [3.05, 3.63) is 35.1 Å². The van der Waals surface area contributed by atoms with Crippen molar-refractivity contribution in [3.63, 3.8) is 0 Å². The minimum absolute atomic E-state index is 0.141. The number of rotatable bonds is 6. The molecule has 1 atom stereocenters. The van der Waals surface area contributed by atoms with Gasteiger partial charge < -0.3 is 14.8 Å². The highest BCUT2D eigenvalue weighted by Crippen LogP contribution is 2.24. The van der Waals surface area contributed by atoms with Crippen LogP contribution in [0.3, 0.4) is 0 Å². The normalized spacial score (nSPS) is 17.8. The van der Waals surface area contributed by atoms with Gasteiger partial charge in [0.1, 0.15) is 5.82 Å². The number of hydrogen-bond donors (Lipinski definition) is 1. The highest BCUT2D eigenvalue weighted by Gasteiger charge is 2.22. The predicted octanol–water partition coefficient (Wildman–Crippen LogP) is 2.94. The molecule has 0 aliphatic carbocycles. The molecule has 19 heavy (non-hydrogen) atoms. The molecule has 1 saturated heterocycles. The molecule has 0 radical (unpaired) electrons. The number of halogens is 1. The molecule has 0 bridgehead atoms. The van der Waals surface area contributed by atoms with E-state index in [1.54, 1.807) is 6.92 Å². The average molecular weight is 267 g/mol. The summed E-state index contributed by atoms with van der Waals surface area (Å²) >= 11 is 0.